The Balaban J connectivity index is 1.57. The Kier molecular flexibility index (Phi) is 4.26. The lowest BCUT2D eigenvalue weighted by molar-refractivity contribution is -0.147. The molecule has 1 amide bonds. The molecule has 26 heavy (non-hydrogen) atoms. The van der Waals surface area contributed by atoms with Crippen molar-refractivity contribution in [1.29, 1.82) is 0 Å². The standard InChI is InChI=1S/C17H15F3N2O3S/c18-17(19,20)8-22(11-2-1-3-11)16(23)12-7-26-15(21-12)10-4-5-13-14(6-10)25-9-24-13/h4-7,11H,1-3,8-9H2. The van der Waals surface area contributed by atoms with Gasteiger partial charge in [-0.2, -0.15) is 13.2 Å². The average Bonchev–Trinajstić information content (AvgIpc) is 3.19. The van der Waals surface area contributed by atoms with Crippen LogP contribution in [0.15, 0.2) is 23.6 Å². The monoisotopic (exact) mass is 384 g/mol. The van der Waals surface area contributed by atoms with Gasteiger partial charge in [0.05, 0.1) is 0 Å². The van der Waals surface area contributed by atoms with E-state index < -0.39 is 18.6 Å². The number of carbonyl (C=O) groups excluding carboxylic acids is 1. The van der Waals surface area contributed by atoms with Gasteiger partial charge in [0.2, 0.25) is 6.79 Å². The van der Waals surface area contributed by atoms with E-state index in [2.05, 4.69) is 4.98 Å². The smallest absolute Gasteiger partial charge is 0.406 e. The predicted octanol–water partition coefficient (Wildman–Crippen LogP) is 4.10. The second kappa shape index (κ2) is 6.46. The van der Waals surface area contributed by atoms with Gasteiger partial charge in [0, 0.05) is 17.0 Å². The van der Waals surface area contributed by atoms with E-state index in [0.29, 0.717) is 29.3 Å². The molecule has 0 bridgehead atoms. The fourth-order valence-electron chi connectivity index (χ4n) is 2.94. The zero-order valence-electron chi connectivity index (χ0n) is 13.6. The maximum atomic E-state index is 12.9. The maximum Gasteiger partial charge on any atom is 0.406 e. The van der Waals surface area contributed by atoms with Crippen LogP contribution in [0.3, 0.4) is 0 Å². The number of fused-ring (bicyclic) bond motifs is 1. The number of amides is 1. The van der Waals surface area contributed by atoms with Crippen LogP contribution in [0, 0.1) is 0 Å². The van der Waals surface area contributed by atoms with Crippen LogP contribution < -0.4 is 9.47 Å². The van der Waals surface area contributed by atoms with Gasteiger partial charge in [-0.25, -0.2) is 4.98 Å². The zero-order valence-corrected chi connectivity index (χ0v) is 14.4. The molecule has 138 valence electrons. The molecule has 1 saturated carbocycles. The van der Waals surface area contributed by atoms with Crippen molar-refractivity contribution in [3.05, 3.63) is 29.3 Å². The highest BCUT2D eigenvalue weighted by Crippen LogP contribution is 2.37. The molecule has 0 unspecified atom stereocenters. The Morgan fingerprint density at radius 1 is 1.27 bits per heavy atom. The second-order valence-corrected chi connectivity index (χ2v) is 7.10. The highest BCUT2D eigenvalue weighted by molar-refractivity contribution is 7.13. The topological polar surface area (TPSA) is 51.7 Å². The Morgan fingerprint density at radius 3 is 2.73 bits per heavy atom. The summed E-state index contributed by atoms with van der Waals surface area (Å²) in [6, 6.07) is 4.90. The summed E-state index contributed by atoms with van der Waals surface area (Å²) < 4.78 is 49.2. The van der Waals surface area contributed by atoms with Crippen LogP contribution in [0.1, 0.15) is 29.8 Å². The van der Waals surface area contributed by atoms with Crippen LogP contribution in [-0.4, -0.2) is 41.3 Å². The van der Waals surface area contributed by atoms with Gasteiger partial charge in [0.1, 0.15) is 17.2 Å². The van der Waals surface area contributed by atoms with E-state index in [9.17, 15) is 18.0 Å². The predicted molar refractivity (Wildman–Crippen MR) is 88.4 cm³/mol. The first-order valence-corrected chi connectivity index (χ1v) is 9.02. The van der Waals surface area contributed by atoms with Crippen molar-refractivity contribution in [1.82, 2.24) is 9.88 Å². The van der Waals surface area contributed by atoms with Crippen LogP contribution in [-0.2, 0) is 0 Å². The van der Waals surface area contributed by atoms with E-state index in [4.69, 9.17) is 9.47 Å². The summed E-state index contributed by atoms with van der Waals surface area (Å²) >= 11 is 1.21. The van der Waals surface area contributed by atoms with Gasteiger partial charge in [-0.3, -0.25) is 4.79 Å². The lowest BCUT2D eigenvalue weighted by Crippen LogP contribution is -2.48. The molecule has 2 aliphatic rings. The van der Waals surface area contributed by atoms with Gasteiger partial charge in [-0.1, -0.05) is 0 Å². The molecule has 0 saturated heterocycles. The number of halogens is 3. The van der Waals surface area contributed by atoms with Crippen molar-refractivity contribution >= 4 is 17.2 Å². The summed E-state index contributed by atoms with van der Waals surface area (Å²) in [4.78, 5) is 17.8. The fraction of sp³-hybridized carbons (Fsp3) is 0.412. The number of rotatable bonds is 4. The van der Waals surface area contributed by atoms with E-state index in [0.717, 1.165) is 16.9 Å². The third kappa shape index (κ3) is 3.35. The Labute approximate surface area is 151 Å². The van der Waals surface area contributed by atoms with Crippen LogP contribution >= 0.6 is 11.3 Å². The Hall–Kier alpha value is -2.29. The first-order valence-electron chi connectivity index (χ1n) is 8.14. The van der Waals surface area contributed by atoms with E-state index >= 15 is 0 Å². The van der Waals surface area contributed by atoms with Crippen LogP contribution in [0.25, 0.3) is 10.6 Å². The van der Waals surface area contributed by atoms with Crippen LogP contribution in [0.5, 0.6) is 11.5 Å². The SMILES string of the molecule is O=C(c1csc(-c2ccc3c(c2)OCO3)n1)N(CC(F)(F)F)C1CCC1. The summed E-state index contributed by atoms with van der Waals surface area (Å²) in [6.45, 7) is -1.10. The molecule has 1 aliphatic heterocycles. The second-order valence-electron chi connectivity index (χ2n) is 6.24. The Morgan fingerprint density at radius 2 is 2.04 bits per heavy atom. The normalized spacial score (nSPS) is 16.4. The lowest BCUT2D eigenvalue weighted by Gasteiger charge is -2.37. The highest BCUT2D eigenvalue weighted by atomic mass is 32.1. The number of hydrogen-bond acceptors (Lipinski definition) is 5. The third-order valence-electron chi connectivity index (χ3n) is 4.47. The summed E-state index contributed by atoms with van der Waals surface area (Å²) in [5.74, 6) is 0.539. The number of nitrogens with zero attached hydrogens (tertiary/aromatic N) is 2. The largest absolute Gasteiger partial charge is 0.454 e. The summed E-state index contributed by atoms with van der Waals surface area (Å²) in [6.07, 6.45) is -2.39. The van der Waals surface area contributed by atoms with Crippen molar-refractivity contribution in [2.24, 2.45) is 0 Å². The minimum Gasteiger partial charge on any atom is -0.454 e. The van der Waals surface area contributed by atoms with E-state index in [1.807, 2.05) is 0 Å². The fourth-order valence-corrected chi connectivity index (χ4v) is 3.73. The minimum absolute atomic E-state index is 0.0406. The number of hydrogen-bond donors (Lipinski definition) is 0. The van der Waals surface area contributed by atoms with E-state index in [-0.39, 0.29) is 18.5 Å². The van der Waals surface area contributed by atoms with Gasteiger partial charge in [0.15, 0.2) is 11.5 Å². The highest BCUT2D eigenvalue weighted by Gasteiger charge is 2.39. The minimum atomic E-state index is -4.43. The number of alkyl halides is 3. The molecule has 1 aliphatic carbocycles. The molecule has 0 N–H and O–H groups in total. The van der Waals surface area contributed by atoms with Gasteiger partial charge < -0.3 is 14.4 Å². The van der Waals surface area contributed by atoms with Crippen molar-refractivity contribution in [3.8, 4) is 22.1 Å². The molecule has 9 heteroatoms. The number of ether oxygens (including phenoxy) is 2. The molecular formula is C17H15F3N2O3S. The maximum absolute atomic E-state index is 12.9. The lowest BCUT2D eigenvalue weighted by atomic mass is 9.91. The first kappa shape index (κ1) is 17.1. The number of carbonyl (C=O) groups is 1. The summed E-state index contributed by atoms with van der Waals surface area (Å²) in [5, 5.41) is 2.05. The quantitative estimate of drug-likeness (QED) is 0.797. The molecular weight excluding hydrogens is 369 g/mol. The molecule has 1 aromatic heterocycles. The van der Waals surface area contributed by atoms with E-state index in [1.165, 1.54) is 16.7 Å². The molecule has 5 nitrogen and oxygen atoms in total. The van der Waals surface area contributed by atoms with Crippen molar-refractivity contribution < 1.29 is 27.4 Å². The van der Waals surface area contributed by atoms with Gasteiger partial charge in [-0.05, 0) is 37.5 Å². The van der Waals surface area contributed by atoms with Crippen LogP contribution in [0.2, 0.25) is 0 Å². The molecule has 0 atom stereocenters. The number of benzene rings is 1. The molecule has 2 heterocycles. The average molecular weight is 384 g/mol. The molecule has 1 aromatic carbocycles. The third-order valence-corrected chi connectivity index (χ3v) is 5.36. The summed E-state index contributed by atoms with van der Waals surface area (Å²) in [7, 11) is 0. The van der Waals surface area contributed by atoms with Gasteiger partial charge >= 0.3 is 6.18 Å². The van der Waals surface area contributed by atoms with Crippen LogP contribution in [0.4, 0.5) is 13.2 Å². The summed E-state index contributed by atoms with van der Waals surface area (Å²) in [5.41, 5.74) is 0.767. The molecule has 4 rings (SSSR count). The van der Waals surface area contributed by atoms with Crippen molar-refractivity contribution in [2.45, 2.75) is 31.5 Å². The van der Waals surface area contributed by atoms with E-state index in [1.54, 1.807) is 18.2 Å². The first-order chi connectivity index (χ1) is 12.4. The van der Waals surface area contributed by atoms with Crippen molar-refractivity contribution in [3.63, 3.8) is 0 Å². The van der Waals surface area contributed by atoms with Crippen molar-refractivity contribution in [2.75, 3.05) is 13.3 Å². The Bertz CT molecular complexity index is 833. The van der Waals surface area contributed by atoms with Gasteiger partial charge in [0.25, 0.3) is 5.91 Å². The number of thiazole rings is 1. The molecule has 0 radical (unpaired) electrons. The zero-order chi connectivity index (χ0) is 18.3. The molecule has 0 spiro atoms. The van der Waals surface area contributed by atoms with Gasteiger partial charge in [-0.15, -0.1) is 11.3 Å². The number of aromatic nitrogens is 1. The molecule has 1 fully saturated rings. The molecule has 2 aromatic rings.